The van der Waals surface area contributed by atoms with Gasteiger partial charge in [0.1, 0.15) is 0 Å². The summed E-state index contributed by atoms with van der Waals surface area (Å²) in [5, 5.41) is 16.9. The fourth-order valence-corrected chi connectivity index (χ4v) is 2.14. The van der Waals surface area contributed by atoms with Crippen LogP contribution < -0.4 is 10.6 Å². The molecule has 2 unspecified atom stereocenters. The Kier molecular flexibility index (Phi) is 7.46. The van der Waals surface area contributed by atoms with E-state index in [1.165, 1.54) is 0 Å². The molecule has 3 N–H and O–H groups in total. The van der Waals surface area contributed by atoms with Gasteiger partial charge < -0.3 is 15.7 Å². The summed E-state index contributed by atoms with van der Waals surface area (Å²) < 4.78 is 0. The van der Waals surface area contributed by atoms with E-state index in [2.05, 4.69) is 10.6 Å². The number of carbonyl (C=O) groups is 1. The Morgan fingerprint density at radius 3 is 2.52 bits per heavy atom. The molecule has 0 aliphatic carbocycles. The minimum absolute atomic E-state index is 0.0897. The average molecular weight is 333 g/mol. The largest absolute Gasteiger partial charge is 0.387 e. The maximum Gasteiger partial charge on any atom is 0.236 e. The van der Waals surface area contributed by atoms with Crippen LogP contribution >= 0.6 is 23.2 Å². The number of rotatable bonds is 7. The minimum atomic E-state index is -0.823. The van der Waals surface area contributed by atoms with E-state index >= 15 is 0 Å². The molecule has 0 heterocycles. The number of hydrogen-bond donors (Lipinski definition) is 3. The number of aliphatic hydroxyl groups excluding tert-OH is 1. The molecule has 0 saturated carbocycles. The SMILES string of the molecule is CC(C)CNC(=O)C(C)NCC(O)c1cc(Cl)ccc1Cl. The molecule has 2 atom stereocenters. The Morgan fingerprint density at radius 1 is 1.24 bits per heavy atom. The van der Waals surface area contributed by atoms with E-state index in [1.54, 1.807) is 25.1 Å². The molecule has 0 saturated heterocycles. The number of aliphatic hydroxyl groups is 1. The summed E-state index contributed by atoms with van der Waals surface area (Å²) in [6.45, 7) is 6.67. The van der Waals surface area contributed by atoms with E-state index in [1.807, 2.05) is 13.8 Å². The van der Waals surface area contributed by atoms with Crippen LogP contribution in [-0.2, 0) is 4.79 Å². The topological polar surface area (TPSA) is 61.4 Å². The molecule has 1 aromatic rings. The van der Waals surface area contributed by atoms with E-state index in [0.29, 0.717) is 28.1 Å². The van der Waals surface area contributed by atoms with Crippen molar-refractivity contribution in [3.8, 4) is 0 Å². The third kappa shape index (κ3) is 6.22. The lowest BCUT2D eigenvalue weighted by atomic mass is 10.1. The lowest BCUT2D eigenvalue weighted by Gasteiger charge is -2.18. The Morgan fingerprint density at radius 2 is 1.90 bits per heavy atom. The van der Waals surface area contributed by atoms with Gasteiger partial charge in [-0.15, -0.1) is 0 Å². The zero-order valence-electron chi connectivity index (χ0n) is 12.5. The minimum Gasteiger partial charge on any atom is -0.387 e. The van der Waals surface area contributed by atoms with E-state index in [9.17, 15) is 9.90 Å². The molecule has 0 aromatic heterocycles. The first-order valence-electron chi connectivity index (χ1n) is 6.95. The van der Waals surface area contributed by atoms with Crippen LogP contribution in [-0.4, -0.2) is 30.1 Å². The standard InChI is InChI=1S/C15H22Cl2N2O2/c1-9(2)7-19-15(21)10(3)18-8-14(20)12-6-11(16)4-5-13(12)17/h4-6,9-10,14,18,20H,7-8H2,1-3H3,(H,19,21). The highest BCUT2D eigenvalue weighted by atomic mass is 35.5. The van der Waals surface area contributed by atoms with Gasteiger partial charge in [0.2, 0.25) is 5.91 Å². The molecule has 1 rings (SSSR count). The second kappa shape index (κ2) is 8.59. The van der Waals surface area contributed by atoms with Gasteiger partial charge in [0, 0.05) is 28.7 Å². The molecule has 0 bridgehead atoms. The number of benzene rings is 1. The van der Waals surface area contributed by atoms with Gasteiger partial charge >= 0.3 is 0 Å². The average Bonchev–Trinajstić information content (AvgIpc) is 2.44. The summed E-state index contributed by atoms with van der Waals surface area (Å²) in [4.78, 5) is 11.8. The Hall–Kier alpha value is -0.810. The molecule has 0 fully saturated rings. The van der Waals surface area contributed by atoms with E-state index in [4.69, 9.17) is 23.2 Å². The second-order valence-electron chi connectivity index (χ2n) is 5.45. The maximum atomic E-state index is 11.8. The molecule has 0 radical (unpaired) electrons. The van der Waals surface area contributed by atoms with Crippen molar-refractivity contribution in [2.24, 2.45) is 5.92 Å². The van der Waals surface area contributed by atoms with Gasteiger partial charge in [-0.1, -0.05) is 37.0 Å². The predicted molar refractivity (Wildman–Crippen MR) is 86.7 cm³/mol. The van der Waals surface area contributed by atoms with Crippen molar-refractivity contribution in [3.05, 3.63) is 33.8 Å². The first-order chi connectivity index (χ1) is 9.81. The highest BCUT2D eigenvalue weighted by molar-refractivity contribution is 6.33. The second-order valence-corrected chi connectivity index (χ2v) is 6.29. The molecule has 21 heavy (non-hydrogen) atoms. The first-order valence-corrected chi connectivity index (χ1v) is 7.71. The van der Waals surface area contributed by atoms with Crippen LogP contribution in [0.1, 0.15) is 32.4 Å². The van der Waals surface area contributed by atoms with Crippen LogP contribution in [0.3, 0.4) is 0 Å². The van der Waals surface area contributed by atoms with Crippen molar-refractivity contribution in [2.75, 3.05) is 13.1 Å². The number of halogens is 2. The van der Waals surface area contributed by atoms with Crippen LogP contribution in [0.5, 0.6) is 0 Å². The Bertz CT molecular complexity index is 481. The van der Waals surface area contributed by atoms with E-state index < -0.39 is 12.1 Å². The summed E-state index contributed by atoms with van der Waals surface area (Å²) in [5.74, 6) is 0.310. The number of amides is 1. The summed E-state index contributed by atoms with van der Waals surface area (Å²) in [7, 11) is 0. The zero-order chi connectivity index (χ0) is 16.0. The van der Waals surface area contributed by atoms with Crippen LogP contribution in [0, 0.1) is 5.92 Å². The summed E-state index contributed by atoms with van der Waals surface area (Å²) in [6.07, 6.45) is -0.823. The van der Waals surface area contributed by atoms with Gasteiger partial charge in [0.05, 0.1) is 12.1 Å². The van der Waals surface area contributed by atoms with Crippen molar-refractivity contribution >= 4 is 29.1 Å². The summed E-state index contributed by atoms with van der Waals surface area (Å²) in [6, 6.07) is 4.53. The first kappa shape index (κ1) is 18.2. The van der Waals surface area contributed by atoms with Gasteiger partial charge in [-0.05, 0) is 31.0 Å². The molecular weight excluding hydrogens is 311 g/mol. The van der Waals surface area contributed by atoms with Crippen molar-refractivity contribution in [3.63, 3.8) is 0 Å². The van der Waals surface area contributed by atoms with E-state index in [-0.39, 0.29) is 12.5 Å². The molecular formula is C15H22Cl2N2O2. The van der Waals surface area contributed by atoms with Gasteiger partial charge in [-0.2, -0.15) is 0 Å². The molecule has 1 amide bonds. The molecule has 4 nitrogen and oxygen atoms in total. The maximum absolute atomic E-state index is 11.8. The van der Waals surface area contributed by atoms with Crippen molar-refractivity contribution < 1.29 is 9.90 Å². The van der Waals surface area contributed by atoms with Gasteiger partial charge in [-0.3, -0.25) is 4.79 Å². The highest BCUT2D eigenvalue weighted by Gasteiger charge is 2.16. The lowest BCUT2D eigenvalue weighted by molar-refractivity contribution is -0.123. The third-order valence-corrected chi connectivity index (χ3v) is 3.59. The van der Waals surface area contributed by atoms with Crippen LogP contribution in [0.4, 0.5) is 0 Å². The molecule has 118 valence electrons. The van der Waals surface area contributed by atoms with Gasteiger partial charge in [0.25, 0.3) is 0 Å². The summed E-state index contributed by atoms with van der Waals surface area (Å²) >= 11 is 11.9. The fraction of sp³-hybridized carbons (Fsp3) is 0.533. The fourth-order valence-electron chi connectivity index (χ4n) is 1.72. The quantitative estimate of drug-likeness (QED) is 0.719. The smallest absolute Gasteiger partial charge is 0.236 e. The normalized spacial score (nSPS) is 14.0. The van der Waals surface area contributed by atoms with Crippen molar-refractivity contribution in [2.45, 2.75) is 32.9 Å². The van der Waals surface area contributed by atoms with Crippen molar-refractivity contribution in [1.29, 1.82) is 0 Å². The Labute approximate surface area is 135 Å². The number of carbonyl (C=O) groups excluding carboxylic acids is 1. The number of hydrogen-bond acceptors (Lipinski definition) is 3. The number of nitrogens with one attached hydrogen (secondary N) is 2. The van der Waals surface area contributed by atoms with Crippen molar-refractivity contribution in [1.82, 2.24) is 10.6 Å². The molecule has 0 aliphatic heterocycles. The molecule has 6 heteroatoms. The highest BCUT2D eigenvalue weighted by Crippen LogP contribution is 2.26. The zero-order valence-corrected chi connectivity index (χ0v) is 14.0. The molecule has 0 aliphatic rings. The lowest BCUT2D eigenvalue weighted by Crippen LogP contribution is -2.44. The monoisotopic (exact) mass is 332 g/mol. The molecule has 0 spiro atoms. The van der Waals surface area contributed by atoms with Crippen LogP contribution in [0.2, 0.25) is 10.0 Å². The third-order valence-electron chi connectivity index (χ3n) is 3.01. The Balaban J connectivity index is 2.50. The van der Waals surface area contributed by atoms with E-state index in [0.717, 1.165) is 0 Å². The molecule has 1 aromatic carbocycles. The van der Waals surface area contributed by atoms with Gasteiger partial charge in [0.15, 0.2) is 0 Å². The summed E-state index contributed by atoms with van der Waals surface area (Å²) in [5.41, 5.74) is 0.548. The predicted octanol–water partition coefficient (Wildman–Crippen LogP) is 2.78. The van der Waals surface area contributed by atoms with Crippen LogP contribution in [0.25, 0.3) is 0 Å². The van der Waals surface area contributed by atoms with Gasteiger partial charge in [-0.25, -0.2) is 0 Å². The van der Waals surface area contributed by atoms with Crippen LogP contribution in [0.15, 0.2) is 18.2 Å².